The summed E-state index contributed by atoms with van der Waals surface area (Å²) in [5, 5.41) is 19.7. The van der Waals surface area contributed by atoms with Crippen molar-refractivity contribution in [1.29, 1.82) is 0 Å². The summed E-state index contributed by atoms with van der Waals surface area (Å²) >= 11 is 0. The van der Waals surface area contributed by atoms with Crippen LogP contribution in [0.5, 0.6) is 0 Å². The van der Waals surface area contributed by atoms with E-state index in [1.54, 1.807) is 0 Å². The predicted molar refractivity (Wildman–Crippen MR) is 58.3 cm³/mol. The molecule has 2 N–H and O–H groups in total. The highest BCUT2D eigenvalue weighted by Crippen LogP contribution is 2.59. The molecule has 0 saturated heterocycles. The second-order valence-corrected chi connectivity index (χ2v) is 6.18. The van der Waals surface area contributed by atoms with Gasteiger partial charge in [-0.15, -0.1) is 0 Å². The number of aliphatic hydroxyl groups excluding tert-OH is 1. The van der Waals surface area contributed by atoms with Gasteiger partial charge in [0.1, 0.15) is 0 Å². The maximum absolute atomic E-state index is 10.8. The van der Waals surface area contributed by atoms with Gasteiger partial charge in [-0.3, -0.25) is 0 Å². The Morgan fingerprint density at radius 3 is 2.67 bits per heavy atom. The highest BCUT2D eigenvalue weighted by atomic mass is 16.3. The highest BCUT2D eigenvalue weighted by molar-refractivity contribution is 5.05. The van der Waals surface area contributed by atoms with Crippen LogP contribution in [-0.2, 0) is 0 Å². The van der Waals surface area contributed by atoms with Crippen molar-refractivity contribution in [1.82, 2.24) is 0 Å². The molecular weight excluding hydrogens is 188 g/mol. The predicted octanol–water partition coefficient (Wildman–Crippen LogP) is 1.95. The first-order valence-electron chi connectivity index (χ1n) is 6.54. The van der Waals surface area contributed by atoms with Gasteiger partial charge in [0, 0.05) is 6.61 Å². The lowest BCUT2D eigenvalue weighted by molar-refractivity contribution is -0.0890. The zero-order chi connectivity index (χ0) is 10.5. The van der Waals surface area contributed by atoms with Gasteiger partial charge in [-0.1, -0.05) is 0 Å². The minimum Gasteiger partial charge on any atom is -0.396 e. The van der Waals surface area contributed by atoms with Crippen molar-refractivity contribution in [2.45, 2.75) is 50.5 Å². The molecule has 86 valence electrons. The van der Waals surface area contributed by atoms with Crippen molar-refractivity contribution < 1.29 is 10.2 Å². The molecule has 3 bridgehead atoms. The fraction of sp³-hybridized carbons (Fsp3) is 1.00. The molecule has 3 aliphatic rings. The first-order chi connectivity index (χ1) is 7.21. The second kappa shape index (κ2) is 3.46. The molecule has 0 amide bonds. The fourth-order valence-corrected chi connectivity index (χ4v) is 4.84. The van der Waals surface area contributed by atoms with Crippen LogP contribution in [0, 0.1) is 23.7 Å². The van der Waals surface area contributed by atoms with Gasteiger partial charge in [-0.25, -0.2) is 0 Å². The Morgan fingerprint density at radius 1 is 1.07 bits per heavy atom. The van der Waals surface area contributed by atoms with Crippen LogP contribution in [0.1, 0.15) is 44.9 Å². The van der Waals surface area contributed by atoms with Crippen molar-refractivity contribution in [3.63, 3.8) is 0 Å². The van der Waals surface area contributed by atoms with Crippen molar-refractivity contribution in [2.24, 2.45) is 23.7 Å². The maximum atomic E-state index is 10.8. The van der Waals surface area contributed by atoms with Crippen molar-refractivity contribution in [3.05, 3.63) is 0 Å². The molecule has 0 spiro atoms. The van der Waals surface area contributed by atoms with Crippen LogP contribution in [0.3, 0.4) is 0 Å². The quantitative estimate of drug-likeness (QED) is 0.747. The molecule has 0 aromatic carbocycles. The average Bonchev–Trinajstić information content (AvgIpc) is 2.46. The summed E-state index contributed by atoms with van der Waals surface area (Å²) < 4.78 is 0. The Hall–Kier alpha value is -0.0800. The van der Waals surface area contributed by atoms with Crippen molar-refractivity contribution >= 4 is 0 Å². The lowest BCUT2D eigenvalue weighted by Crippen LogP contribution is -2.45. The van der Waals surface area contributed by atoms with Crippen molar-refractivity contribution in [2.75, 3.05) is 6.61 Å². The van der Waals surface area contributed by atoms with E-state index < -0.39 is 5.60 Å². The molecule has 0 aromatic heterocycles. The van der Waals surface area contributed by atoms with E-state index >= 15 is 0 Å². The smallest absolute Gasteiger partial charge is 0.0682 e. The maximum Gasteiger partial charge on any atom is 0.0682 e. The molecule has 3 fully saturated rings. The zero-order valence-electron chi connectivity index (χ0n) is 9.36. The largest absolute Gasteiger partial charge is 0.396 e. The summed E-state index contributed by atoms with van der Waals surface area (Å²) in [6.07, 6.45) is 8.01. The van der Waals surface area contributed by atoms with Crippen LogP contribution in [0.4, 0.5) is 0 Å². The number of fused-ring (bicyclic) bond motifs is 2. The van der Waals surface area contributed by atoms with E-state index in [9.17, 15) is 5.11 Å². The Labute approximate surface area is 91.7 Å². The molecule has 0 heterocycles. The molecule has 0 aliphatic heterocycles. The Kier molecular flexibility index (Phi) is 2.33. The van der Waals surface area contributed by atoms with E-state index in [4.69, 9.17) is 5.11 Å². The molecule has 15 heavy (non-hydrogen) atoms. The molecule has 0 aromatic rings. The number of hydrogen-bond donors (Lipinski definition) is 2. The summed E-state index contributed by atoms with van der Waals surface area (Å²) in [5.41, 5.74) is -0.415. The van der Waals surface area contributed by atoms with Gasteiger partial charge < -0.3 is 10.2 Å². The Morgan fingerprint density at radius 2 is 1.87 bits per heavy atom. The van der Waals surface area contributed by atoms with Crippen molar-refractivity contribution in [3.8, 4) is 0 Å². The van der Waals surface area contributed by atoms with Crippen LogP contribution in [0.15, 0.2) is 0 Å². The third-order valence-electron chi connectivity index (χ3n) is 5.20. The summed E-state index contributed by atoms with van der Waals surface area (Å²) in [4.78, 5) is 0. The molecule has 2 nitrogen and oxygen atoms in total. The monoisotopic (exact) mass is 210 g/mol. The van der Waals surface area contributed by atoms with E-state index in [-0.39, 0.29) is 6.61 Å². The first kappa shape index (κ1) is 10.1. The van der Waals surface area contributed by atoms with Crippen LogP contribution in [0.2, 0.25) is 0 Å². The van der Waals surface area contributed by atoms with Gasteiger partial charge in [0.2, 0.25) is 0 Å². The van der Waals surface area contributed by atoms with Gasteiger partial charge in [0.05, 0.1) is 5.60 Å². The lowest BCUT2D eigenvalue weighted by Gasteiger charge is -2.45. The molecule has 3 aliphatic carbocycles. The fourth-order valence-electron chi connectivity index (χ4n) is 4.84. The van der Waals surface area contributed by atoms with Gasteiger partial charge in [0.25, 0.3) is 0 Å². The van der Waals surface area contributed by atoms with Gasteiger partial charge in [-0.05, 0) is 68.6 Å². The normalized spacial score (nSPS) is 52.4. The molecule has 5 atom stereocenters. The van der Waals surface area contributed by atoms with Crippen LogP contribution in [0.25, 0.3) is 0 Å². The van der Waals surface area contributed by atoms with Gasteiger partial charge in [0.15, 0.2) is 0 Å². The van der Waals surface area contributed by atoms with E-state index in [0.29, 0.717) is 5.92 Å². The summed E-state index contributed by atoms with van der Waals surface area (Å²) in [6, 6.07) is 0. The SMILES string of the molecule is OCCC[C@]1(O)CC2CC3CC(C2)C1C3. The molecule has 3 rings (SSSR count). The Bertz CT molecular complexity index is 251. The van der Waals surface area contributed by atoms with E-state index in [1.807, 2.05) is 0 Å². The van der Waals surface area contributed by atoms with Crippen LogP contribution < -0.4 is 0 Å². The third kappa shape index (κ3) is 1.53. The minimum absolute atomic E-state index is 0.230. The average molecular weight is 210 g/mol. The van der Waals surface area contributed by atoms with Crippen LogP contribution >= 0.6 is 0 Å². The van der Waals surface area contributed by atoms with Gasteiger partial charge in [-0.2, -0.15) is 0 Å². The molecule has 3 saturated carbocycles. The molecular formula is C13H22O2. The second-order valence-electron chi connectivity index (χ2n) is 6.18. The first-order valence-corrected chi connectivity index (χ1v) is 6.54. The molecule has 0 radical (unpaired) electrons. The standard InChI is InChI=1S/C13H22O2/c14-3-1-2-13(15)8-10-4-9-5-11(6-10)12(13)7-9/h9-12,14-15H,1-8H2/t9?,10?,11?,12?,13-/m0/s1. The topological polar surface area (TPSA) is 40.5 Å². The summed E-state index contributed by atoms with van der Waals surface area (Å²) in [6.45, 7) is 0.230. The number of rotatable bonds is 3. The third-order valence-corrected chi connectivity index (χ3v) is 5.20. The van der Waals surface area contributed by atoms with E-state index in [0.717, 1.165) is 37.0 Å². The number of hydrogen-bond acceptors (Lipinski definition) is 2. The Balaban J connectivity index is 1.79. The highest BCUT2D eigenvalue weighted by Gasteiger charge is 2.54. The molecule has 2 heteroatoms. The van der Waals surface area contributed by atoms with Gasteiger partial charge >= 0.3 is 0 Å². The summed E-state index contributed by atoms with van der Waals surface area (Å²) in [7, 11) is 0. The minimum atomic E-state index is -0.415. The van der Waals surface area contributed by atoms with Crippen LogP contribution in [-0.4, -0.2) is 22.4 Å². The molecule has 4 unspecified atom stereocenters. The summed E-state index contributed by atoms with van der Waals surface area (Å²) in [5.74, 6) is 3.08. The van der Waals surface area contributed by atoms with E-state index in [2.05, 4.69) is 0 Å². The number of aliphatic hydroxyl groups is 2. The lowest BCUT2D eigenvalue weighted by atomic mass is 9.64. The van der Waals surface area contributed by atoms with E-state index in [1.165, 1.54) is 25.7 Å². The zero-order valence-corrected chi connectivity index (χ0v) is 9.36.